The SMILES string of the molecule is COc1ccc(/C=N\Nc2nc(OC)nc(N3CCOCC3)n2)cc1. The predicted octanol–water partition coefficient (Wildman–Crippen LogP) is 1.17. The molecule has 0 bridgehead atoms. The van der Waals surface area contributed by atoms with Crippen molar-refractivity contribution >= 4 is 18.1 Å². The molecular formula is C16H20N6O3. The van der Waals surface area contributed by atoms with Gasteiger partial charge in [0, 0.05) is 13.1 Å². The fourth-order valence-corrected chi connectivity index (χ4v) is 2.25. The summed E-state index contributed by atoms with van der Waals surface area (Å²) in [5.41, 5.74) is 3.73. The van der Waals surface area contributed by atoms with E-state index < -0.39 is 0 Å². The summed E-state index contributed by atoms with van der Waals surface area (Å²) in [6.07, 6.45) is 1.67. The van der Waals surface area contributed by atoms with Gasteiger partial charge in [0.2, 0.25) is 5.95 Å². The summed E-state index contributed by atoms with van der Waals surface area (Å²) in [6.45, 7) is 2.74. The van der Waals surface area contributed by atoms with Gasteiger partial charge in [-0.05, 0) is 29.8 Å². The number of morpholine rings is 1. The van der Waals surface area contributed by atoms with E-state index in [-0.39, 0.29) is 6.01 Å². The number of ether oxygens (including phenoxy) is 3. The zero-order valence-corrected chi connectivity index (χ0v) is 14.2. The minimum absolute atomic E-state index is 0.235. The standard InChI is InChI=1S/C16H20N6O3/c1-23-13-5-3-12(4-6-13)11-17-21-14-18-15(20-16(19-14)24-2)22-7-9-25-10-8-22/h3-6,11H,7-10H2,1-2H3,(H,18,19,20,21)/b17-11-. The van der Waals surface area contributed by atoms with Gasteiger partial charge in [0.1, 0.15) is 5.75 Å². The number of benzene rings is 1. The second-order valence-corrected chi connectivity index (χ2v) is 5.19. The van der Waals surface area contributed by atoms with Crippen LogP contribution in [0.5, 0.6) is 11.8 Å². The van der Waals surface area contributed by atoms with Crippen LogP contribution in [0.25, 0.3) is 0 Å². The smallest absolute Gasteiger partial charge is 0.322 e. The maximum Gasteiger partial charge on any atom is 0.322 e. The Morgan fingerprint density at radius 3 is 2.52 bits per heavy atom. The van der Waals surface area contributed by atoms with Crippen LogP contribution in [0, 0.1) is 0 Å². The molecule has 0 unspecified atom stereocenters. The van der Waals surface area contributed by atoms with Crippen molar-refractivity contribution in [1.29, 1.82) is 0 Å². The van der Waals surface area contributed by atoms with Gasteiger partial charge in [-0.25, -0.2) is 5.43 Å². The third-order valence-electron chi connectivity index (χ3n) is 3.57. The quantitative estimate of drug-likeness (QED) is 0.616. The molecule has 1 fully saturated rings. The first kappa shape index (κ1) is 16.9. The summed E-state index contributed by atoms with van der Waals surface area (Å²) in [5.74, 6) is 1.65. The molecule has 2 aromatic rings. The van der Waals surface area contributed by atoms with Gasteiger partial charge >= 0.3 is 6.01 Å². The van der Waals surface area contributed by atoms with E-state index in [4.69, 9.17) is 14.2 Å². The molecule has 0 spiro atoms. The molecule has 25 heavy (non-hydrogen) atoms. The lowest BCUT2D eigenvalue weighted by molar-refractivity contribution is 0.122. The topological polar surface area (TPSA) is 94.0 Å². The van der Waals surface area contributed by atoms with E-state index in [2.05, 4.69) is 25.5 Å². The van der Waals surface area contributed by atoms with Gasteiger partial charge in [-0.2, -0.15) is 20.1 Å². The first-order chi connectivity index (χ1) is 12.3. The molecule has 1 N–H and O–H groups in total. The maximum atomic E-state index is 5.35. The average molecular weight is 344 g/mol. The Labute approximate surface area is 145 Å². The van der Waals surface area contributed by atoms with Crippen LogP contribution in [0.2, 0.25) is 0 Å². The number of rotatable bonds is 6. The van der Waals surface area contributed by atoms with Gasteiger partial charge < -0.3 is 19.1 Å². The molecule has 9 nitrogen and oxygen atoms in total. The minimum Gasteiger partial charge on any atom is -0.497 e. The van der Waals surface area contributed by atoms with Crippen molar-refractivity contribution < 1.29 is 14.2 Å². The minimum atomic E-state index is 0.235. The van der Waals surface area contributed by atoms with E-state index >= 15 is 0 Å². The lowest BCUT2D eigenvalue weighted by Crippen LogP contribution is -2.37. The molecule has 0 radical (unpaired) electrons. The number of nitrogens with zero attached hydrogens (tertiary/aromatic N) is 5. The highest BCUT2D eigenvalue weighted by Gasteiger charge is 2.16. The van der Waals surface area contributed by atoms with Gasteiger partial charge in [-0.3, -0.25) is 0 Å². The molecule has 0 aliphatic carbocycles. The fourth-order valence-electron chi connectivity index (χ4n) is 2.25. The summed E-state index contributed by atoms with van der Waals surface area (Å²) in [5, 5.41) is 4.16. The van der Waals surface area contributed by atoms with Gasteiger partial charge in [0.15, 0.2) is 0 Å². The highest BCUT2D eigenvalue weighted by atomic mass is 16.5. The molecule has 1 saturated heterocycles. The molecule has 132 valence electrons. The summed E-state index contributed by atoms with van der Waals surface area (Å²) in [7, 11) is 3.15. The third kappa shape index (κ3) is 4.54. The van der Waals surface area contributed by atoms with Crippen LogP contribution in [0.15, 0.2) is 29.4 Å². The van der Waals surface area contributed by atoms with Crippen LogP contribution in [0.1, 0.15) is 5.56 Å². The largest absolute Gasteiger partial charge is 0.497 e. The Bertz CT molecular complexity index is 716. The van der Waals surface area contributed by atoms with Gasteiger partial charge in [-0.15, -0.1) is 0 Å². The van der Waals surface area contributed by atoms with E-state index in [9.17, 15) is 0 Å². The number of nitrogens with one attached hydrogen (secondary N) is 1. The molecule has 3 rings (SSSR count). The number of hydrazone groups is 1. The summed E-state index contributed by atoms with van der Waals surface area (Å²) >= 11 is 0. The summed E-state index contributed by atoms with van der Waals surface area (Å²) < 4.78 is 15.6. The number of anilines is 2. The lowest BCUT2D eigenvalue weighted by Gasteiger charge is -2.26. The number of methoxy groups -OCH3 is 2. The molecule has 0 atom stereocenters. The molecule has 9 heteroatoms. The predicted molar refractivity (Wildman–Crippen MR) is 93.6 cm³/mol. The second kappa shape index (κ2) is 8.25. The van der Waals surface area contributed by atoms with Crippen LogP contribution < -0.4 is 19.8 Å². The highest BCUT2D eigenvalue weighted by Crippen LogP contribution is 2.16. The molecule has 1 aliphatic heterocycles. The number of hydrogen-bond donors (Lipinski definition) is 1. The first-order valence-electron chi connectivity index (χ1n) is 7.84. The molecule has 1 aromatic heterocycles. The molecule has 1 aromatic carbocycles. The Morgan fingerprint density at radius 1 is 1.08 bits per heavy atom. The molecule has 0 amide bonds. The third-order valence-corrected chi connectivity index (χ3v) is 3.57. The van der Waals surface area contributed by atoms with Crippen molar-refractivity contribution in [2.24, 2.45) is 5.10 Å². The van der Waals surface area contributed by atoms with Crippen molar-refractivity contribution in [2.75, 3.05) is 50.8 Å². The van der Waals surface area contributed by atoms with E-state index in [1.165, 1.54) is 7.11 Å². The normalized spacial score (nSPS) is 14.6. The van der Waals surface area contributed by atoms with Crippen molar-refractivity contribution in [2.45, 2.75) is 0 Å². The van der Waals surface area contributed by atoms with Crippen LogP contribution in [0.4, 0.5) is 11.9 Å². The van der Waals surface area contributed by atoms with Crippen LogP contribution in [-0.2, 0) is 4.74 Å². The zero-order valence-electron chi connectivity index (χ0n) is 14.2. The van der Waals surface area contributed by atoms with E-state index in [0.29, 0.717) is 25.1 Å². The van der Waals surface area contributed by atoms with Gasteiger partial charge in [-0.1, -0.05) is 0 Å². The van der Waals surface area contributed by atoms with E-state index in [0.717, 1.165) is 24.4 Å². The van der Waals surface area contributed by atoms with Crippen LogP contribution in [0.3, 0.4) is 0 Å². The van der Waals surface area contributed by atoms with Crippen molar-refractivity contribution in [3.8, 4) is 11.8 Å². The Kier molecular flexibility index (Phi) is 5.57. The summed E-state index contributed by atoms with van der Waals surface area (Å²) in [4.78, 5) is 14.8. The average Bonchev–Trinajstić information content (AvgIpc) is 2.69. The summed E-state index contributed by atoms with van der Waals surface area (Å²) in [6, 6.07) is 7.76. The molecular weight excluding hydrogens is 324 g/mol. The van der Waals surface area contributed by atoms with E-state index in [1.807, 2.05) is 29.2 Å². The van der Waals surface area contributed by atoms with Crippen LogP contribution in [-0.4, -0.2) is 61.7 Å². The Balaban J connectivity index is 1.71. The maximum absolute atomic E-state index is 5.35. The zero-order chi connectivity index (χ0) is 17.5. The van der Waals surface area contributed by atoms with Crippen LogP contribution >= 0.6 is 0 Å². The van der Waals surface area contributed by atoms with Crippen molar-refractivity contribution in [3.63, 3.8) is 0 Å². The number of aromatic nitrogens is 3. The Hall–Kier alpha value is -2.94. The highest BCUT2D eigenvalue weighted by molar-refractivity contribution is 5.80. The fraction of sp³-hybridized carbons (Fsp3) is 0.375. The molecule has 0 saturated carbocycles. The second-order valence-electron chi connectivity index (χ2n) is 5.19. The monoisotopic (exact) mass is 344 g/mol. The van der Waals surface area contributed by atoms with Gasteiger partial charge in [0.05, 0.1) is 33.6 Å². The number of hydrogen-bond acceptors (Lipinski definition) is 9. The van der Waals surface area contributed by atoms with Gasteiger partial charge in [0.25, 0.3) is 5.95 Å². The van der Waals surface area contributed by atoms with Crippen molar-refractivity contribution in [3.05, 3.63) is 29.8 Å². The first-order valence-corrected chi connectivity index (χ1v) is 7.84. The molecule has 2 heterocycles. The lowest BCUT2D eigenvalue weighted by atomic mass is 10.2. The van der Waals surface area contributed by atoms with Crippen molar-refractivity contribution in [1.82, 2.24) is 15.0 Å². The van der Waals surface area contributed by atoms with E-state index in [1.54, 1.807) is 13.3 Å². The Morgan fingerprint density at radius 2 is 1.84 bits per heavy atom. The molecule has 1 aliphatic rings.